The first kappa shape index (κ1) is 12.9. The number of hydrogen-bond acceptors (Lipinski definition) is 1. The normalized spacial score (nSPS) is 35.1. The van der Waals surface area contributed by atoms with E-state index in [2.05, 4.69) is 24.3 Å². The van der Waals surface area contributed by atoms with Crippen molar-refractivity contribution in [1.82, 2.24) is 0 Å². The summed E-state index contributed by atoms with van der Waals surface area (Å²) in [5.74, 6) is 0. The Labute approximate surface area is 106 Å². The van der Waals surface area contributed by atoms with Crippen LogP contribution in [0.3, 0.4) is 0 Å². The molecule has 0 aromatic heterocycles. The van der Waals surface area contributed by atoms with E-state index in [-0.39, 0.29) is 0 Å². The van der Waals surface area contributed by atoms with Crippen molar-refractivity contribution < 1.29 is 4.74 Å². The molecule has 0 bridgehead atoms. The fourth-order valence-corrected chi connectivity index (χ4v) is 2.71. The summed E-state index contributed by atoms with van der Waals surface area (Å²) in [5, 5.41) is 0. The lowest BCUT2D eigenvalue weighted by molar-refractivity contribution is 0.0282. The molecule has 96 valence electrons. The predicted octanol–water partition coefficient (Wildman–Crippen LogP) is 4.78. The van der Waals surface area contributed by atoms with Crippen molar-refractivity contribution in [3.8, 4) is 0 Å². The van der Waals surface area contributed by atoms with Crippen molar-refractivity contribution in [3.05, 3.63) is 24.3 Å². The quantitative estimate of drug-likeness (QED) is 0.625. The Hall–Kier alpha value is -0.560. The highest BCUT2D eigenvalue weighted by Crippen LogP contribution is 2.20. The van der Waals surface area contributed by atoms with Gasteiger partial charge in [0, 0.05) is 0 Å². The average molecular weight is 234 g/mol. The van der Waals surface area contributed by atoms with Gasteiger partial charge in [0.25, 0.3) is 0 Å². The Morgan fingerprint density at radius 3 is 1.71 bits per heavy atom. The maximum atomic E-state index is 6.23. The van der Waals surface area contributed by atoms with E-state index in [1.54, 1.807) is 0 Å². The third kappa shape index (κ3) is 5.08. The molecule has 1 heteroatoms. The highest BCUT2D eigenvalue weighted by Gasteiger charge is 2.13. The summed E-state index contributed by atoms with van der Waals surface area (Å²) in [6.07, 6.45) is 22.9. The monoisotopic (exact) mass is 234 g/mol. The molecule has 2 rings (SSSR count). The topological polar surface area (TPSA) is 9.23 Å². The zero-order valence-corrected chi connectivity index (χ0v) is 10.9. The van der Waals surface area contributed by atoms with Gasteiger partial charge in [-0.05, 0) is 38.5 Å². The van der Waals surface area contributed by atoms with E-state index in [0.717, 1.165) is 0 Å². The maximum Gasteiger partial charge on any atom is 0.0763 e. The van der Waals surface area contributed by atoms with Crippen molar-refractivity contribution in [2.24, 2.45) is 0 Å². The Bertz CT molecular complexity index is 228. The zero-order chi connectivity index (χ0) is 11.8. The molecule has 0 saturated heterocycles. The lowest BCUT2D eigenvalue weighted by Gasteiger charge is -2.23. The van der Waals surface area contributed by atoms with E-state index >= 15 is 0 Å². The van der Waals surface area contributed by atoms with E-state index in [1.807, 2.05) is 0 Å². The Balaban J connectivity index is 1.84. The summed E-state index contributed by atoms with van der Waals surface area (Å²) in [6, 6.07) is 0. The van der Waals surface area contributed by atoms with Crippen LogP contribution >= 0.6 is 0 Å². The van der Waals surface area contributed by atoms with Crippen LogP contribution in [0, 0.1) is 0 Å². The molecular weight excluding hydrogens is 208 g/mol. The lowest BCUT2D eigenvalue weighted by Crippen LogP contribution is -2.20. The summed E-state index contributed by atoms with van der Waals surface area (Å²) in [7, 11) is 0. The predicted molar refractivity (Wildman–Crippen MR) is 73.1 cm³/mol. The molecule has 0 fully saturated rings. The fraction of sp³-hybridized carbons (Fsp3) is 0.750. The molecule has 2 aliphatic carbocycles. The van der Waals surface area contributed by atoms with E-state index in [4.69, 9.17) is 4.74 Å². The maximum absolute atomic E-state index is 6.23. The lowest BCUT2D eigenvalue weighted by atomic mass is 10.0. The van der Waals surface area contributed by atoms with Gasteiger partial charge in [-0.3, -0.25) is 0 Å². The van der Waals surface area contributed by atoms with Crippen LogP contribution in [0.4, 0.5) is 0 Å². The van der Waals surface area contributed by atoms with Crippen molar-refractivity contribution in [3.63, 3.8) is 0 Å². The minimum atomic E-state index is 0.365. The van der Waals surface area contributed by atoms with Crippen LogP contribution in [0.15, 0.2) is 24.3 Å². The van der Waals surface area contributed by atoms with Crippen LogP contribution in [-0.4, -0.2) is 12.2 Å². The minimum Gasteiger partial charge on any atom is -0.367 e. The van der Waals surface area contributed by atoms with Gasteiger partial charge in [-0.2, -0.15) is 0 Å². The zero-order valence-electron chi connectivity index (χ0n) is 10.9. The van der Waals surface area contributed by atoms with Gasteiger partial charge in [-0.1, -0.05) is 50.0 Å². The van der Waals surface area contributed by atoms with Gasteiger partial charge >= 0.3 is 0 Å². The van der Waals surface area contributed by atoms with Gasteiger partial charge in [-0.25, -0.2) is 0 Å². The SMILES string of the molecule is C1=C\C(OC2/C=C\CCCCC2)CCCCC/1. The van der Waals surface area contributed by atoms with Crippen molar-refractivity contribution in [2.45, 2.75) is 76.4 Å². The van der Waals surface area contributed by atoms with Crippen molar-refractivity contribution >= 4 is 0 Å². The van der Waals surface area contributed by atoms with Crippen molar-refractivity contribution in [1.29, 1.82) is 0 Å². The smallest absolute Gasteiger partial charge is 0.0763 e. The number of allylic oxidation sites excluding steroid dienone is 2. The van der Waals surface area contributed by atoms with Gasteiger partial charge < -0.3 is 4.74 Å². The number of rotatable bonds is 2. The molecule has 0 N–H and O–H groups in total. The molecule has 0 aliphatic heterocycles. The van der Waals surface area contributed by atoms with E-state index in [0.29, 0.717) is 12.2 Å². The number of ether oxygens (including phenoxy) is 1. The van der Waals surface area contributed by atoms with E-state index in [9.17, 15) is 0 Å². The molecule has 1 nitrogen and oxygen atoms in total. The Morgan fingerprint density at radius 2 is 1.18 bits per heavy atom. The van der Waals surface area contributed by atoms with E-state index in [1.165, 1.54) is 64.2 Å². The molecule has 17 heavy (non-hydrogen) atoms. The van der Waals surface area contributed by atoms with Gasteiger partial charge in [0.2, 0.25) is 0 Å². The van der Waals surface area contributed by atoms with Gasteiger partial charge in [0.05, 0.1) is 12.2 Å². The first-order chi connectivity index (χ1) is 8.45. The second-order valence-electron chi connectivity index (χ2n) is 5.35. The third-order valence-electron chi connectivity index (χ3n) is 3.77. The van der Waals surface area contributed by atoms with E-state index < -0.39 is 0 Å². The summed E-state index contributed by atoms with van der Waals surface area (Å²) in [4.78, 5) is 0. The molecule has 0 spiro atoms. The summed E-state index contributed by atoms with van der Waals surface area (Å²) < 4.78 is 6.23. The van der Waals surface area contributed by atoms with Crippen LogP contribution < -0.4 is 0 Å². The van der Waals surface area contributed by atoms with Gasteiger partial charge in [-0.15, -0.1) is 0 Å². The molecule has 0 amide bonds. The Morgan fingerprint density at radius 1 is 0.647 bits per heavy atom. The summed E-state index contributed by atoms with van der Waals surface area (Å²) in [6.45, 7) is 0. The van der Waals surface area contributed by atoms with Gasteiger partial charge in [0.1, 0.15) is 0 Å². The highest BCUT2D eigenvalue weighted by molar-refractivity contribution is 4.96. The highest BCUT2D eigenvalue weighted by atomic mass is 16.5. The summed E-state index contributed by atoms with van der Waals surface area (Å²) >= 11 is 0. The molecule has 0 radical (unpaired) electrons. The van der Waals surface area contributed by atoms with Crippen LogP contribution in [-0.2, 0) is 4.74 Å². The first-order valence-corrected chi connectivity index (χ1v) is 7.44. The van der Waals surface area contributed by atoms with Crippen molar-refractivity contribution in [2.75, 3.05) is 0 Å². The molecule has 0 saturated carbocycles. The molecule has 0 aromatic rings. The fourth-order valence-electron chi connectivity index (χ4n) is 2.71. The Kier molecular flexibility index (Phi) is 5.84. The molecule has 0 aromatic carbocycles. The molecule has 0 heterocycles. The second-order valence-corrected chi connectivity index (χ2v) is 5.35. The average Bonchev–Trinajstić information content (AvgIpc) is 2.24. The molecule has 2 unspecified atom stereocenters. The molecule has 2 aliphatic rings. The first-order valence-electron chi connectivity index (χ1n) is 7.44. The largest absolute Gasteiger partial charge is 0.367 e. The standard InChI is InChI=1S/C16H26O/c1-3-7-11-15(12-8-4-1)17-16-13-9-5-2-6-10-14-16/h7,9,11,13,15-16H,1-6,8,10,12,14H2/b11-7-,13-9-. The van der Waals surface area contributed by atoms with Gasteiger partial charge in [0.15, 0.2) is 0 Å². The molecular formula is C16H26O. The van der Waals surface area contributed by atoms with Crippen LogP contribution in [0.5, 0.6) is 0 Å². The minimum absolute atomic E-state index is 0.365. The third-order valence-corrected chi connectivity index (χ3v) is 3.77. The van der Waals surface area contributed by atoms with Crippen LogP contribution in [0.25, 0.3) is 0 Å². The van der Waals surface area contributed by atoms with Crippen LogP contribution in [0.2, 0.25) is 0 Å². The second kappa shape index (κ2) is 7.71. The molecule has 2 atom stereocenters. The van der Waals surface area contributed by atoms with Crippen LogP contribution in [0.1, 0.15) is 64.2 Å². The summed E-state index contributed by atoms with van der Waals surface area (Å²) in [5.41, 5.74) is 0. The number of hydrogen-bond donors (Lipinski definition) is 0.